The van der Waals surface area contributed by atoms with Crippen LogP contribution in [0.3, 0.4) is 0 Å². The molecule has 6 nitrogen and oxygen atoms in total. The molecule has 0 aliphatic heterocycles. The summed E-state index contributed by atoms with van der Waals surface area (Å²) in [5, 5.41) is 0. The zero-order valence-corrected chi connectivity index (χ0v) is 18.3. The summed E-state index contributed by atoms with van der Waals surface area (Å²) in [7, 11) is 4.94. The largest absolute Gasteiger partial charge is 0.497 e. The Labute approximate surface area is 188 Å². The number of ether oxygens (including phenoxy) is 2. The van der Waals surface area contributed by atoms with Gasteiger partial charge in [-0.05, 0) is 54.1 Å². The molecule has 162 valence electrons. The van der Waals surface area contributed by atoms with Gasteiger partial charge in [-0.1, -0.05) is 42.2 Å². The molecule has 3 aromatic carbocycles. The second-order valence-electron chi connectivity index (χ2n) is 6.93. The van der Waals surface area contributed by atoms with Crippen LogP contribution in [0, 0.1) is 11.8 Å². The van der Waals surface area contributed by atoms with Crippen LogP contribution < -0.4 is 15.2 Å². The molecule has 1 atom stereocenters. The quantitative estimate of drug-likeness (QED) is 0.380. The van der Waals surface area contributed by atoms with E-state index in [0.29, 0.717) is 11.3 Å². The third-order valence-corrected chi connectivity index (χ3v) is 4.86. The fraction of sp³-hybridized carbons (Fsp3) is 0.154. The molecule has 2 N–H and O–H groups in total. The number of nitrogens with zero attached hydrogens (tertiary/aromatic N) is 2. The van der Waals surface area contributed by atoms with Crippen molar-refractivity contribution in [1.29, 1.82) is 0 Å². The normalized spacial score (nSPS) is 11.7. The minimum absolute atomic E-state index is 0.0639. The number of guanidine groups is 1. The first-order valence-electron chi connectivity index (χ1n) is 9.97. The van der Waals surface area contributed by atoms with Crippen LogP contribution in [0.25, 0.3) is 0 Å². The molecule has 0 aliphatic carbocycles. The van der Waals surface area contributed by atoms with Crippen LogP contribution in [0.1, 0.15) is 27.5 Å². The van der Waals surface area contributed by atoms with Gasteiger partial charge >= 0.3 is 0 Å². The number of rotatable bonds is 5. The first-order chi connectivity index (χ1) is 15.5. The van der Waals surface area contributed by atoms with Gasteiger partial charge in [-0.15, -0.1) is 0 Å². The van der Waals surface area contributed by atoms with Crippen molar-refractivity contribution in [3.05, 3.63) is 95.6 Å². The van der Waals surface area contributed by atoms with Crippen molar-refractivity contribution in [3.63, 3.8) is 0 Å². The molecule has 3 aromatic rings. The van der Waals surface area contributed by atoms with E-state index >= 15 is 0 Å². The molecule has 0 saturated heterocycles. The zero-order chi connectivity index (χ0) is 22.9. The van der Waals surface area contributed by atoms with E-state index in [0.717, 1.165) is 16.9 Å². The Morgan fingerprint density at radius 2 is 1.47 bits per heavy atom. The molecule has 6 heteroatoms. The Balaban J connectivity index is 1.90. The van der Waals surface area contributed by atoms with Crippen LogP contribution in [0.2, 0.25) is 0 Å². The van der Waals surface area contributed by atoms with E-state index < -0.39 is 11.9 Å². The smallest absolute Gasteiger partial charge is 0.280 e. The van der Waals surface area contributed by atoms with E-state index in [1.54, 1.807) is 50.4 Å². The summed E-state index contributed by atoms with van der Waals surface area (Å²) in [6.45, 7) is 0. The minimum atomic E-state index is -0.443. The number of carbonyl (C=O) groups excluding carboxylic acids is 1. The number of hydrogen-bond acceptors (Lipinski definition) is 3. The zero-order valence-electron chi connectivity index (χ0n) is 18.3. The van der Waals surface area contributed by atoms with Gasteiger partial charge < -0.3 is 20.1 Å². The number of carbonyl (C=O) groups is 1. The summed E-state index contributed by atoms with van der Waals surface area (Å²) in [4.78, 5) is 18.4. The van der Waals surface area contributed by atoms with Crippen LogP contribution >= 0.6 is 0 Å². The lowest BCUT2D eigenvalue weighted by atomic mass is 10.1. The Bertz CT molecular complexity index is 1130. The van der Waals surface area contributed by atoms with E-state index in [4.69, 9.17) is 15.2 Å². The van der Waals surface area contributed by atoms with Gasteiger partial charge in [0, 0.05) is 18.2 Å². The lowest BCUT2D eigenvalue weighted by molar-refractivity contribution is 0.100. The van der Waals surface area contributed by atoms with Crippen LogP contribution in [-0.2, 0) is 0 Å². The molecule has 0 heterocycles. The molecule has 0 saturated carbocycles. The maximum Gasteiger partial charge on any atom is 0.280 e. The molecule has 0 aliphatic rings. The van der Waals surface area contributed by atoms with E-state index in [1.807, 2.05) is 54.6 Å². The van der Waals surface area contributed by atoms with Crippen molar-refractivity contribution in [2.75, 3.05) is 21.3 Å². The lowest BCUT2D eigenvalue weighted by Gasteiger charge is -2.25. The molecule has 32 heavy (non-hydrogen) atoms. The van der Waals surface area contributed by atoms with Crippen molar-refractivity contribution in [2.45, 2.75) is 6.04 Å². The minimum Gasteiger partial charge on any atom is -0.497 e. The highest BCUT2D eigenvalue weighted by atomic mass is 16.5. The summed E-state index contributed by atoms with van der Waals surface area (Å²) in [5.41, 5.74) is 8.40. The number of methoxy groups -OCH3 is 2. The molecule has 1 unspecified atom stereocenters. The molecule has 3 rings (SSSR count). The van der Waals surface area contributed by atoms with Crippen LogP contribution in [0.15, 0.2) is 83.9 Å². The molecule has 0 bridgehead atoms. The Morgan fingerprint density at radius 3 is 2.03 bits per heavy atom. The number of amides is 1. The van der Waals surface area contributed by atoms with E-state index in [-0.39, 0.29) is 5.96 Å². The van der Waals surface area contributed by atoms with Gasteiger partial charge in [-0.2, -0.15) is 4.99 Å². The van der Waals surface area contributed by atoms with E-state index in [9.17, 15) is 4.79 Å². The van der Waals surface area contributed by atoms with E-state index in [2.05, 4.69) is 16.8 Å². The van der Waals surface area contributed by atoms with Crippen LogP contribution in [-0.4, -0.2) is 38.0 Å². The summed E-state index contributed by atoms with van der Waals surface area (Å²) in [5.74, 6) is 7.44. The average Bonchev–Trinajstić information content (AvgIpc) is 2.85. The van der Waals surface area contributed by atoms with E-state index in [1.165, 1.54) is 0 Å². The highest BCUT2D eigenvalue weighted by Crippen LogP contribution is 2.22. The number of benzene rings is 3. The first kappa shape index (κ1) is 22.4. The fourth-order valence-corrected chi connectivity index (χ4v) is 2.98. The number of hydrogen-bond donors (Lipinski definition) is 1. The highest BCUT2D eigenvalue weighted by molar-refractivity contribution is 6.02. The standard InChI is InChI=1S/C26H25N3O3/c1-29(26(27)28-25(30)21-12-16-23(32-3)17-13-21)24(18-9-19-7-5-4-6-8-19)20-10-14-22(31-2)15-11-20/h4-8,10-17,24H,1-3H3,(H2,27,28,30). The third kappa shape index (κ3) is 5.67. The molecule has 0 spiro atoms. The molecule has 1 amide bonds. The summed E-state index contributed by atoms with van der Waals surface area (Å²) >= 11 is 0. The fourth-order valence-electron chi connectivity index (χ4n) is 2.98. The van der Waals surface area contributed by atoms with Crippen molar-refractivity contribution in [1.82, 2.24) is 4.90 Å². The third-order valence-electron chi connectivity index (χ3n) is 4.86. The number of nitrogens with two attached hydrogens (primary N) is 1. The topological polar surface area (TPSA) is 77.1 Å². The second-order valence-corrected chi connectivity index (χ2v) is 6.93. The van der Waals surface area contributed by atoms with Gasteiger partial charge in [0.1, 0.15) is 17.5 Å². The average molecular weight is 428 g/mol. The maximum atomic E-state index is 12.6. The summed E-state index contributed by atoms with van der Waals surface area (Å²) < 4.78 is 10.4. The summed E-state index contributed by atoms with van der Waals surface area (Å²) in [6, 6.07) is 23.5. The Kier molecular flexibility index (Phi) is 7.50. The molecule has 0 aromatic heterocycles. The summed E-state index contributed by atoms with van der Waals surface area (Å²) in [6.07, 6.45) is 0. The lowest BCUT2D eigenvalue weighted by Crippen LogP contribution is -2.37. The van der Waals surface area contributed by atoms with Gasteiger partial charge in [0.15, 0.2) is 0 Å². The number of aliphatic imine (C=N–C) groups is 1. The Morgan fingerprint density at radius 1 is 0.906 bits per heavy atom. The monoisotopic (exact) mass is 427 g/mol. The predicted octanol–water partition coefficient (Wildman–Crippen LogP) is 3.88. The Hall–Kier alpha value is -4.24. The SMILES string of the molecule is COc1ccc(C(=O)/N=C(\N)N(C)C(C#Cc2ccccc2)c2ccc(OC)cc2)cc1. The van der Waals surface area contributed by atoms with Gasteiger partial charge in [0.25, 0.3) is 5.91 Å². The van der Waals surface area contributed by atoms with Crippen LogP contribution in [0.5, 0.6) is 11.5 Å². The van der Waals surface area contributed by atoms with Gasteiger partial charge in [-0.25, -0.2) is 0 Å². The van der Waals surface area contributed by atoms with Gasteiger partial charge in [0.2, 0.25) is 5.96 Å². The van der Waals surface area contributed by atoms with Crippen molar-refractivity contribution in [2.24, 2.45) is 10.7 Å². The molecule has 0 radical (unpaired) electrons. The van der Waals surface area contributed by atoms with Crippen molar-refractivity contribution < 1.29 is 14.3 Å². The van der Waals surface area contributed by atoms with Crippen LogP contribution in [0.4, 0.5) is 0 Å². The van der Waals surface area contributed by atoms with Crippen molar-refractivity contribution >= 4 is 11.9 Å². The molecular weight excluding hydrogens is 402 g/mol. The van der Waals surface area contributed by atoms with Crippen molar-refractivity contribution in [3.8, 4) is 23.3 Å². The molecular formula is C26H25N3O3. The molecule has 0 fully saturated rings. The maximum absolute atomic E-state index is 12.6. The predicted molar refractivity (Wildman–Crippen MR) is 126 cm³/mol. The second kappa shape index (κ2) is 10.7. The van der Waals surface area contributed by atoms with Gasteiger partial charge in [0.05, 0.1) is 14.2 Å². The first-order valence-corrected chi connectivity index (χ1v) is 9.97. The van der Waals surface area contributed by atoms with Gasteiger partial charge in [-0.3, -0.25) is 4.79 Å². The highest BCUT2D eigenvalue weighted by Gasteiger charge is 2.18.